The van der Waals surface area contributed by atoms with Crippen LogP contribution in [0.1, 0.15) is 225 Å². The Morgan fingerprint density at radius 1 is 0.458 bits per heavy atom. The van der Waals surface area contributed by atoms with Gasteiger partial charge >= 0.3 is 0 Å². The van der Waals surface area contributed by atoms with Crippen LogP contribution in [-0.2, 0) is 6.67 Å². The summed E-state index contributed by atoms with van der Waals surface area (Å²) >= 11 is 0. The topological polar surface area (TPSA) is 34.0 Å². The minimum absolute atomic E-state index is 0.872. The molecule has 1 aromatic carbocycles. The summed E-state index contributed by atoms with van der Waals surface area (Å²) in [6.45, 7) is 10.0. The standard InChI is InChI=1S/C44H82N4/c1-4-6-8-10-12-14-16-18-20-22-24-26-28-30-32-34-39-47(41-48-43-38-36-37-42(3)44(43)45-46-48)40-35-33-31-29-27-25-23-21-19-17-15-13-11-9-7-5-2/h36-38H,4-35,39-41H2,1-3H3. The Morgan fingerprint density at radius 2 is 0.792 bits per heavy atom. The van der Waals surface area contributed by atoms with Crippen molar-refractivity contribution in [3.8, 4) is 0 Å². The number of unbranched alkanes of at least 4 members (excludes halogenated alkanes) is 30. The fourth-order valence-corrected chi connectivity index (χ4v) is 7.44. The van der Waals surface area contributed by atoms with Gasteiger partial charge in [-0.15, -0.1) is 5.10 Å². The first kappa shape index (κ1) is 42.7. The van der Waals surface area contributed by atoms with Gasteiger partial charge in [-0.1, -0.05) is 224 Å². The highest BCUT2D eigenvalue weighted by Gasteiger charge is 2.11. The van der Waals surface area contributed by atoms with Crippen molar-refractivity contribution in [1.29, 1.82) is 0 Å². The number of hydrogen-bond donors (Lipinski definition) is 0. The van der Waals surface area contributed by atoms with Crippen LogP contribution in [0.15, 0.2) is 18.2 Å². The van der Waals surface area contributed by atoms with E-state index >= 15 is 0 Å². The van der Waals surface area contributed by atoms with Crippen molar-refractivity contribution < 1.29 is 0 Å². The van der Waals surface area contributed by atoms with Gasteiger partial charge in [-0.25, -0.2) is 4.68 Å². The predicted molar refractivity (Wildman–Crippen MR) is 213 cm³/mol. The second-order valence-corrected chi connectivity index (χ2v) is 15.4. The molecule has 0 aliphatic heterocycles. The maximum atomic E-state index is 4.57. The molecule has 0 bridgehead atoms. The van der Waals surface area contributed by atoms with Crippen molar-refractivity contribution in [2.75, 3.05) is 13.1 Å². The molecule has 0 unspecified atom stereocenters. The van der Waals surface area contributed by atoms with E-state index in [9.17, 15) is 0 Å². The van der Waals surface area contributed by atoms with Gasteiger partial charge in [0.05, 0.1) is 12.2 Å². The molecule has 0 aliphatic carbocycles. The van der Waals surface area contributed by atoms with E-state index in [2.05, 4.69) is 58.9 Å². The lowest BCUT2D eigenvalue weighted by Gasteiger charge is -2.22. The molecule has 48 heavy (non-hydrogen) atoms. The maximum Gasteiger partial charge on any atom is 0.116 e. The summed E-state index contributed by atoms with van der Waals surface area (Å²) in [6, 6.07) is 6.48. The highest BCUT2D eigenvalue weighted by atomic mass is 15.5. The zero-order valence-electron chi connectivity index (χ0n) is 32.8. The zero-order valence-corrected chi connectivity index (χ0v) is 32.8. The molecule has 4 nitrogen and oxygen atoms in total. The van der Waals surface area contributed by atoms with E-state index < -0.39 is 0 Å². The lowest BCUT2D eigenvalue weighted by Crippen LogP contribution is -2.29. The fraction of sp³-hybridized carbons (Fsp3) is 0.864. The molecule has 2 aromatic rings. The van der Waals surface area contributed by atoms with Crippen LogP contribution in [0.3, 0.4) is 0 Å². The molecule has 0 spiro atoms. The number of fused-ring (bicyclic) bond motifs is 1. The molecule has 1 heterocycles. The summed E-state index contributed by atoms with van der Waals surface area (Å²) in [5.74, 6) is 0. The molecule has 1 aromatic heterocycles. The van der Waals surface area contributed by atoms with Gasteiger partial charge in [0.15, 0.2) is 0 Å². The number of aryl methyl sites for hydroxylation is 1. The van der Waals surface area contributed by atoms with E-state index in [-0.39, 0.29) is 0 Å². The van der Waals surface area contributed by atoms with Crippen LogP contribution in [0, 0.1) is 6.92 Å². The molecule has 0 radical (unpaired) electrons. The first-order valence-electron chi connectivity index (χ1n) is 21.8. The lowest BCUT2D eigenvalue weighted by atomic mass is 10.0. The van der Waals surface area contributed by atoms with Crippen LogP contribution in [0.5, 0.6) is 0 Å². The Morgan fingerprint density at radius 3 is 1.15 bits per heavy atom. The van der Waals surface area contributed by atoms with Gasteiger partial charge in [-0.3, -0.25) is 4.90 Å². The Balaban J connectivity index is 1.53. The highest BCUT2D eigenvalue weighted by Crippen LogP contribution is 2.18. The van der Waals surface area contributed by atoms with Gasteiger partial charge < -0.3 is 0 Å². The number of aromatic nitrogens is 3. The van der Waals surface area contributed by atoms with Gasteiger partial charge in [0.1, 0.15) is 5.52 Å². The SMILES string of the molecule is CCCCCCCCCCCCCCCCCCN(CCCCCCCCCCCCCCCCCC)Cn1nnc2c(C)cccc21. The summed E-state index contributed by atoms with van der Waals surface area (Å²) in [4.78, 5) is 2.66. The largest absolute Gasteiger partial charge is 0.284 e. The molecular formula is C44H82N4. The first-order chi connectivity index (χ1) is 23.8. The van der Waals surface area contributed by atoms with Crippen molar-refractivity contribution in [2.45, 2.75) is 233 Å². The zero-order chi connectivity index (χ0) is 34.2. The van der Waals surface area contributed by atoms with Crippen LogP contribution >= 0.6 is 0 Å². The third-order valence-corrected chi connectivity index (χ3v) is 10.7. The molecule has 0 atom stereocenters. The average Bonchev–Trinajstić information content (AvgIpc) is 3.51. The van der Waals surface area contributed by atoms with Gasteiger partial charge in [-0.05, 0) is 44.5 Å². The minimum atomic E-state index is 0.872. The maximum absolute atomic E-state index is 4.57. The Labute approximate surface area is 300 Å². The highest BCUT2D eigenvalue weighted by molar-refractivity contribution is 5.77. The van der Waals surface area contributed by atoms with E-state index in [1.54, 1.807) is 0 Å². The van der Waals surface area contributed by atoms with Crippen molar-refractivity contribution in [3.63, 3.8) is 0 Å². The Kier molecular flexibility index (Phi) is 28.1. The van der Waals surface area contributed by atoms with Crippen LogP contribution in [0.25, 0.3) is 11.0 Å². The minimum Gasteiger partial charge on any atom is -0.284 e. The van der Waals surface area contributed by atoms with Crippen LogP contribution in [-0.4, -0.2) is 33.0 Å². The molecule has 0 aliphatic rings. The molecule has 4 heteroatoms. The molecule has 2 rings (SSSR count). The second-order valence-electron chi connectivity index (χ2n) is 15.4. The summed E-state index contributed by atoms with van der Waals surface area (Å²) in [7, 11) is 0. The van der Waals surface area contributed by atoms with Crippen molar-refractivity contribution in [1.82, 2.24) is 19.9 Å². The normalized spacial score (nSPS) is 11.8. The van der Waals surface area contributed by atoms with Crippen LogP contribution in [0.4, 0.5) is 0 Å². The predicted octanol–water partition coefficient (Wildman–Crippen LogP) is 14.5. The third kappa shape index (κ3) is 22.3. The molecule has 0 saturated heterocycles. The van der Waals surface area contributed by atoms with Crippen LogP contribution in [0.2, 0.25) is 0 Å². The third-order valence-electron chi connectivity index (χ3n) is 10.7. The number of hydrogen-bond acceptors (Lipinski definition) is 3. The molecule has 0 N–H and O–H groups in total. The van der Waals surface area contributed by atoms with E-state index in [0.717, 1.165) is 12.2 Å². The van der Waals surface area contributed by atoms with Crippen molar-refractivity contribution >= 4 is 11.0 Å². The molecule has 0 saturated carbocycles. The molecular weight excluding hydrogens is 585 g/mol. The summed E-state index contributed by atoms with van der Waals surface area (Å²) in [5.41, 5.74) is 3.46. The first-order valence-corrected chi connectivity index (χ1v) is 21.8. The van der Waals surface area contributed by atoms with Crippen LogP contribution < -0.4 is 0 Å². The second kappa shape index (κ2) is 31.6. The fourth-order valence-electron chi connectivity index (χ4n) is 7.44. The summed E-state index contributed by atoms with van der Waals surface area (Å²) in [5, 5.41) is 9.09. The summed E-state index contributed by atoms with van der Waals surface area (Å²) in [6.07, 6.45) is 45.7. The molecule has 0 amide bonds. The Bertz CT molecular complexity index is 917. The molecule has 0 fully saturated rings. The van der Waals surface area contributed by atoms with Gasteiger partial charge in [0.2, 0.25) is 0 Å². The van der Waals surface area contributed by atoms with Crippen molar-refractivity contribution in [3.05, 3.63) is 23.8 Å². The Hall–Kier alpha value is -1.42. The lowest BCUT2D eigenvalue weighted by molar-refractivity contribution is 0.199. The number of benzene rings is 1. The summed E-state index contributed by atoms with van der Waals surface area (Å²) < 4.78 is 2.14. The number of rotatable bonds is 36. The van der Waals surface area contributed by atoms with Gasteiger partial charge in [0.25, 0.3) is 0 Å². The van der Waals surface area contributed by atoms with E-state index in [1.807, 2.05) is 0 Å². The average molecular weight is 667 g/mol. The quantitative estimate of drug-likeness (QED) is 0.0679. The van der Waals surface area contributed by atoms with Crippen molar-refractivity contribution in [2.24, 2.45) is 0 Å². The van der Waals surface area contributed by atoms with E-state index in [1.165, 1.54) is 230 Å². The monoisotopic (exact) mass is 667 g/mol. The molecule has 278 valence electrons. The van der Waals surface area contributed by atoms with Gasteiger partial charge in [0, 0.05) is 0 Å². The van der Waals surface area contributed by atoms with E-state index in [4.69, 9.17) is 0 Å². The number of nitrogens with zero attached hydrogens (tertiary/aromatic N) is 4. The van der Waals surface area contributed by atoms with E-state index in [0.29, 0.717) is 0 Å². The smallest absolute Gasteiger partial charge is 0.116 e. The van der Waals surface area contributed by atoms with Gasteiger partial charge in [-0.2, -0.15) is 0 Å².